The Kier molecular flexibility index (Phi) is 7.41. The van der Waals surface area contributed by atoms with Gasteiger partial charge in [-0.05, 0) is 54.1 Å². The Bertz CT molecular complexity index is 1310. The van der Waals surface area contributed by atoms with Gasteiger partial charge in [0, 0.05) is 33.4 Å². The molecule has 1 saturated carbocycles. The second-order valence-electron chi connectivity index (χ2n) is 7.82. The number of alkyl halides is 2. The first-order chi connectivity index (χ1) is 16.5. The van der Waals surface area contributed by atoms with Gasteiger partial charge >= 0.3 is 0 Å². The van der Waals surface area contributed by atoms with Crippen LogP contribution in [-0.4, -0.2) is 23.3 Å². The topological polar surface area (TPSA) is 67.4 Å². The van der Waals surface area contributed by atoms with Gasteiger partial charge in [-0.1, -0.05) is 34.8 Å². The molecule has 2 amide bonds. The third-order valence-corrected chi connectivity index (χ3v) is 7.17. The summed E-state index contributed by atoms with van der Waals surface area (Å²) in [7, 11) is 1.31. The lowest BCUT2D eigenvalue weighted by Gasteiger charge is -2.11. The number of anilines is 2. The van der Waals surface area contributed by atoms with Crippen LogP contribution in [0.5, 0.6) is 5.75 Å². The smallest absolute Gasteiger partial charge is 0.257 e. The summed E-state index contributed by atoms with van der Waals surface area (Å²) >= 11 is 31.2. The molecule has 3 aromatic rings. The average molecular weight is 577 g/mol. The number of carbonyl (C=O) groups is 2. The highest BCUT2D eigenvalue weighted by Gasteiger charge is 2.67. The van der Waals surface area contributed by atoms with Gasteiger partial charge in [0.15, 0.2) is 11.6 Å². The van der Waals surface area contributed by atoms with Crippen molar-refractivity contribution in [2.45, 2.75) is 10.3 Å². The maximum absolute atomic E-state index is 13.6. The lowest BCUT2D eigenvalue weighted by molar-refractivity contribution is -0.117. The third kappa shape index (κ3) is 5.47. The van der Waals surface area contributed by atoms with Crippen molar-refractivity contribution in [1.82, 2.24) is 0 Å². The minimum absolute atomic E-state index is 0.0273. The molecule has 0 heterocycles. The predicted octanol–water partition coefficient (Wildman–Crippen LogP) is 7.57. The van der Waals surface area contributed by atoms with E-state index < -0.39 is 33.8 Å². The van der Waals surface area contributed by atoms with E-state index in [9.17, 15) is 14.0 Å². The zero-order chi connectivity index (χ0) is 25.5. The lowest BCUT2D eigenvalue weighted by atomic mass is 10.1. The van der Waals surface area contributed by atoms with Crippen LogP contribution in [-0.2, 0) is 4.79 Å². The Morgan fingerprint density at radius 2 is 1.54 bits per heavy atom. The van der Waals surface area contributed by atoms with E-state index in [4.69, 9.17) is 62.7 Å². The monoisotopic (exact) mass is 574 g/mol. The molecule has 5 nitrogen and oxygen atoms in total. The van der Waals surface area contributed by atoms with Crippen LogP contribution in [0.25, 0.3) is 0 Å². The van der Waals surface area contributed by atoms with Crippen LogP contribution >= 0.6 is 58.0 Å². The van der Waals surface area contributed by atoms with Crippen molar-refractivity contribution in [2.75, 3.05) is 17.7 Å². The van der Waals surface area contributed by atoms with Gasteiger partial charge in [0.2, 0.25) is 5.91 Å². The molecule has 0 radical (unpaired) electrons. The van der Waals surface area contributed by atoms with Gasteiger partial charge in [0.25, 0.3) is 5.91 Å². The minimum atomic E-state index is -1.35. The quantitative estimate of drug-likeness (QED) is 0.298. The van der Waals surface area contributed by atoms with Gasteiger partial charge in [-0.3, -0.25) is 9.59 Å². The summed E-state index contributed by atoms with van der Waals surface area (Å²) in [6.45, 7) is 0. The Balaban J connectivity index is 1.51. The van der Waals surface area contributed by atoms with Crippen LogP contribution in [0.2, 0.25) is 15.1 Å². The molecular weight excluding hydrogens is 561 g/mol. The second-order valence-corrected chi connectivity index (χ2v) is 10.5. The number of benzene rings is 3. The summed E-state index contributed by atoms with van der Waals surface area (Å²) in [5.41, 5.74) is 1.33. The van der Waals surface area contributed by atoms with Gasteiger partial charge in [-0.15, -0.1) is 23.2 Å². The summed E-state index contributed by atoms with van der Waals surface area (Å²) in [4.78, 5) is 25.8. The molecule has 0 bridgehead atoms. The molecule has 182 valence electrons. The van der Waals surface area contributed by atoms with Crippen molar-refractivity contribution in [2.24, 2.45) is 5.92 Å². The second kappa shape index (κ2) is 10.0. The fourth-order valence-corrected chi connectivity index (χ4v) is 5.33. The number of rotatable bonds is 6. The summed E-state index contributed by atoms with van der Waals surface area (Å²) < 4.78 is 17.2. The predicted molar refractivity (Wildman–Crippen MR) is 138 cm³/mol. The molecule has 1 aliphatic rings. The number of ether oxygens (including phenoxy) is 1. The summed E-state index contributed by atoms with van der Waals surface area (Å²) in [5, 5.41) is 6.28. The highest BCUT2D eigenvalue weighted by atomic mass is 35.5. The average Bonchev–Trinajstić information content (AvgIpc) is 3.37. The molecule has 0 aromatic heterocycles. The molecule has 4 rings (SSSR count). The zero-order valence-electron chi connectivity index (χ0n) is 17.8. The van der Waals surface area contributed by atoms with E-state index in [-0.39, 0.29) is 16.3 Å². The van der Waals surface area contributed by atoms with E-state index in [1.165, 1.54) is 37.4 Å². The molecule has 2 atom stereocenters. The van der Waals surface area contributed by atoms with Crippen molar-refractivity contribution in [1.29, 1.82) is 0 Å². The van der Waals surface area contributed by atoms with Crippen LogP contribution in [0.15, 0.2) is 54.6 Å². The van der Waals surface area contributed by atoms with Crippen molar-refractivity contribution in [3.8, 4) is 5.75 Å². The minimum Gasteiger partial charge on any atom is -0.494 e. The third-order valence-electron chi connectivity index (χ3n) is 5.47. The van der Waals surface area contributed by atoms with Crippen molar-refractivity contribution in [3.63, 3.8) is 0 Å². The lowest BCUT2D eigenvalue weighted by Crippen LogP contribution is -2.18. The van der Waals surface area contributed by atoms with Crippen LogP contribution in [0.1, 0.15) is 21.8 Å². The first-order valence-corrected chi connectivity index (χ1v) is 12.0. The van der Waals surface area contributed by atoms with E-state index in [1.807, 2.05) is 0 Å². The fourth-order valence-electron chi connectivity index (χ4n) is 3.76. The molecule has 3 aromatic carbocycles. The Hall–Kier alpha value is -2.22. The van der Waals surface area contributed by atoms with Gasteiger partial charge in [0.05, 0.1) is 23.6 Å². The molecule has 0 aliphatic heterocycles. The first-order valence-electron chi connectivity index (χ1n) is 10.1. The van der Waals surface area contributed by atoms with Crippen molar-refractivity contribution in [3.05, 3.63) is 86.6 Å². The number of hydrogen-bond donors (Lipinski definition) is 2. The van der Waals surface area contributed by atoms with Gasteiger partial charge in [-0.25, -0.2) is 4.39 Å². The number of nitrogens with one attached hydrogen (secondary N) is 2. The van der Waals surface area contributed by atoms with Crippen LogP contribution in [0.4, 0.5) is 15.8 Å². The normalized spacial score (nSPS) is 18.0. The standard InChI is InChI=1S/C24H16Cl5FN2O3/c1-35-19-10-15(3-5-18(19)30)31-22(33)16-9-14(2-4-17(16)27)32-23(34)21-20(24(21,28)29)11-6-12(25)8-13(26)7-11/h2-10,20-21H,1H3,(H,31,33)(H,32,34). The molecule has 2 unspecified atom stereocenters. The van der Waals surface area contributed by atoms with Crippen molar-refractivity contribution < 1.29 is 18.7 Å². The van der Waals surface area contributed by atoms with Gasteiger partial charge in [0.1, 0.15) is 4.33 Å². The SMILES string of the molecule is COc1cc(NC(=O)c2cc(NC(=O)C3C(c4cc(Cl)cc(Cl)c4)C3(Cl)Cl)ccc2Cl)ccc1F. The largest absolute Gasteiger partial charge is 0.494 e. The van der Waals surface area contributed by atoms with Crippen molar-refractivity contribution >= 4 is 81.2 Å². The highest BCUT2D eigenvalue weighted by Crippen LogP contribution is 2.65. The number of halogens is 6. The van der Waals surface area contributed by atoms with Crippen LogP contribution in [0, 0.1) is 11.7 Å². The van der Waals surface area contributed by atoms with E-state index >= 15 is 0 Å². The Labute approximate surface area is 225 Å². The van der Waals surface area contributed by atoms with Crippen LogP contribution in [0.3, 0.4) is 0 Å². The zero-order valence-corrected chi connectivity index (χ0v) is 21.6. The number of amides is 2. The van der Waals surface area contributed by atoms with E-state index in [0.717, 1.165) is 6.07 Å². The van der Waals surface area contributed by atoms with Gasteiger partial charge in [-0.2, -0.15) is 0 Å². The highest BCUT2D eigenvalue weighted by molar-refractivity contribution is 6.53. The Morgan fingerprint density at radius 3 is 2.20 bits per heavy atom. The molecule has 0 spiro atoms. The van der Waals surface area contributed by atoms with Gasteiger partial charge < -0.3 is 15.4 Å². The van der Waals surface area contributed by atoms with E-state index in [2.05, 4.69) is 10.6 Å². The summed E-state index contributed by atoms with van der Waals surface area (Å²) in [6, 6.07) is 13.2. The molecule has 11 heteroatoms. The summed E-state index contributed by atoms with van der Waals surface area (Å²) in [6.07, 6.45) is 0. The number of carbonyl (C=O) groups excluding carboxylic acids is 2. The molecular formula is C24H16Cl5FN2O3. The maximum Gasteiger partial charge on any atom is 0.257 e. The van der Waals surface area contributed by atoms with E-state index in [1.54, 1.807) is 18.2 Å². The number of methoxy groups -OCH3 is 1. The summed E-state index contributed by atoms with van der Waals surface area (Å²) in [5.74, 6) is -2.91. The molecule has 35 heavy (non-hydrogen) atoms. The molecule has 0 saturated heterocycles. The number of hydrogen-bond acceptors (Lipinski definition) is 3. The fraction of sp³-hybridized carbons (Fsp3) is 0.167. The van der Waals surface area contributed by atoms with Crippen LogP contribution < -0.4 is 15.4 Å². The maximum atomic E-state index is 13.6. The Morgan fingerprint density at radius 1 is 0.914 bits per heavy atom. The molecule has 1 aliphatic carbocycles. The molecule has 1 fully saturated rings. The first kappa shape index (κ1) is 25.9. The van der Waals surface area contributed by atoms with E-state index in [0.29, 0.717) is 27.0 Å². The molecule has 2 N–H and O–H groups in total.